The minimum absolute atomic E-state index is 0.000269. The van der Waals surface area contributed by atoms with E-state index in [4.69, 9.17) is 5.84 Å². The Morgan fingerprint density at radius 1 is 1.20 bits per heavy atom. The first-order chi connectivity index (χ1) is 11.9. The second-order valence-electron chi connectivity index (χ2n) is 5.08. The molecule has 3 aromatic rings. The molecule has 0 saturated heterocycles. The molecule has 9 heteroatoms. The number of nitrogens with zero attached hydrogens (tertiary/aromatic N) is 2. The molecule has 0 aliphatic carbocycles. The van der Waals surface area contributed by atoms with Crippen LogP contribution < -0.4 is 16.7 Å². The Hall–Kier alpha value is -2.94. The highest BCUT2D eigenvalue weighted by Gasteiger charge is 2.12. The second-order valence-corrected chi connectivity index (χ2v) is 6.02. The zero-order valence-corrected chi connectivity index (χ0v) is 13.5. The van der Waals surface area contributed by atoms with Crippen molar-refractivity contribution in [3.05, 3.63) is 64.5 Å². The van der Waals surface area contributed by atoms with Gasteiger partial charge < -0.3 is 11.2 Å². The first kappa shape index (κ1) is 16.9. The maximum atomic E-state index is 13.1. The molecule has 3 rings (SSSR count). The summed E-state index contributed by atoms with van der Waals surface area (Å²) in [6.45, 7) is 0. The Kier molecular flexibility index (Phi) is 4.66. The number of hydrogen-bond donors (Lipinski definition) is 2. The number of amides is 1. The average molecular weight is 362 g/mol. The monoisotopic (exact) mass is 362 g/mol. The average Bonchev–Trinajstić information content (AvgIpc) is 2.56. The normalized spacial score (nSPS) is 10.8. The Balaban J connectivity index is 1.75. The summed E-state index contributed by atoms with van der Waals surface area (Å²) in [4.78, 5) is 28.3. The number of benzene rings is 2. The van der Waals surface area contributed by atoms with Gasteiger partial charge in [0, 0.05) is 11.8 Å². The van der Waals surface area contributed by atoms with Crippen LogP contribution in [0.1, 0.15) is 0 Å². The van der Waals surface area contributed by atoms with E-state index in [0.717, 1.165) is 28.6 Å². The minimum Gasteiger partial charge on any atom is -0.334 e. The van der Waals surface area contributed by atoms with Crippen molar-refractivity contribution in [1.29, 1.82) is 0 Å². The number of carbonyl (C=O) groups is 1. The molecule has 0 atom stereocenters. The highest BCUT2D eigenvalue weighted by Crippen LogP contribution is 2.17. The summed E-state index contributed by atoms with van der Waals surface area (Å²) in [5, 5.41) is 2.90. The number of hydrogen-bond acceptors (Lipinski definition) is 5. The van der Waals surface area contributed by atoms with E-state index in [9.17, 15) is 18.4 Å². The molecule has 0 bridgehead atoms. The first-order valence-electron chi connectivity index (χ1n) is 7.09. The Morgan fingerprint density at radius 2 is 1.88 bits per heavy atom. The number of nitrogens with one attached hydrogen (secondary N) is 1. The summed E-state index contributed by atoms with van der Waals surface area (Å²) in [5.41, 5.74) is 0.0322. The molecule has 2 aromatic carbocycles. The molecule has 0 aliphatic rings. The van der Waals surface area contributed by atoms with E-state index in [1.165, 1.54) is 0 Å². The number of rotatable bonds is 4. The SMILES string of the molecule is Nn1c(SCC(=O)Nc2cc(F)cc(F)c2)nc2ccccc2c1=O. The van der Waals surface area contributed by atoms with Crippen LogP contribution in [0.15, 0.2) is 52.4 Å². The van der Waals surface area contributed by atoms with Gasteiger partial charge in [-0.15, -0.1) is 0 Å². The van der Waals surface area contributed by atoms with Crippen molar-refractivity contribution >= 4 is 34.3 Å². The van der Waals surface area contributed by atoms with Gasteiger partial charge in [0.05, 0.1) is 16.7 Å². The lowest BCUT2D eigenvalue weighted by molar-refractivity contribution is -0.113. The number of nitrogens with two attached hydrogens (primary N) is 1. The summed E-state index contributed by atoms with van der Waals surface area (Å²) in [6.07, 6.45) is 0. The fourth-order valence-corrected chi connectivity index (χ4v) is 2.90. The largest absolute Gasteiger partial charge is 0.334 e. The molecule has 1 amide bonds. The topological polar surface area (TPSA) is 90.0 Å². The molecular weight excluding hydrogens is 350 g/mol. The Morgan fingerprint density at radius 3 is 2.60 bits per heavy atom. The number of nitrogen functional groups attached to an aromatic ring is 1. The third kappa shape index (κ3) is 3.77. The third-order valence-electron chi connectivity index (χ3n) is 3.25. The Bertz CT molecular complexity index is 1000. The molecule has 0 aliphatic heterocycles. The van der Waals surface area contributed by atoms with Crippen LogP contribution in [0.5, 0.6) is 0 Å². The van der Waals surface area contributed by atoms with Gasteiger partial charge in [-0.1, -0.05) is 23.9 Å². The zero-order valence-electron chi connectivity index (χ0n) is 12.7. The van der Waals surface area contributed by atoms with E-state index in [1.807, 2.05) is 0 Å². The van der Waals surface area contributed by atoms with Gasteiger partial charge in [0.15, 0.2) is 5.16 Å². The molecule has 3 N–H and O–H groups in total. The van der Waals surface area contributed by atoms with E-state index in [0.29, 0.717) is 17.0 Å². The number of para-hydroxylation sites is 1. The maximum absolute atomic E-state index is 13.1. The maximum Gasteiger partial charge on any atom is 0.280 e. The van der Waals surface area contributed by atoms with Crippen molar-refractivity contribution in [2.45, 2.75) is 5.16 Å². The van der Waals surface area contributed by atoms with Crippen molar-refractivity contribution in [1.82, 2.24) is 9.66 Å². The molecule has 0 saturated carbocycles. The molecule has 0 fully saturated rings. The number of carbonyl (C=O) groups excluding carboxylic acids is 1. The number of anilines is 1. The summed E-state index contributed by atoms with van der Waals surface area (Å²) >= 11 is 0.939. The van der Waals surface area contributed by atoms with E-state index < -0.39 is 23.1 Å². The van der Waals surface area contributed by atoms with Crippen molar-refractivity contribution in [3.8, 4) is 0 Å². The number of fused-ring (bicyclic) bond motifs is 1. The predicted octanol–water partition coefficient (Wildman–Crippen LogP) is 2.12. The lowest BCUT2D eigenvalue weighted by atomic mass is 10.2. The van der Waals surface area contributed by atoms with Gasteiger partial charge in [0.2, 0.25) is 5.91 Å². The summed E-state index contributed by atoms with van der Waals surface area (Å²) in [7, 11) is 0. The summed E-state index contributed by atoms with van der Waals surface area (Å²) in [6, 6.07) is 9.40. The number of aromatic nitrogens is 2. The third-order valence-corrected chi connectivity index (χ3v) is 4.21. The van der Waals surface area contributed by atoms with Crippen LogP contribution in [-0.4, -0.2) is 21.3 Å². The van der Waals surface area contributed by atoms with E-state index >= 15 is 0 Å². The highest BCUT2D eigenvalue weighted by molar-refractivity contribution is 7.99. The smallest absolute Gasteiger partial charge is 0.280 e. The summed E-state index contributed by atoms with van der Waals surface area (Å²) in [5.74, 6) is 3.47. The molecule has 0 radical (unpaired) electrons. The fraction of sp³-hybridized carbons (Fsp3) is 0.0625. The van der Waals surface area contributed by atoms with Crippen LogP contribution >= 0.6 is 11.8 Å². The minimum atomic E-state index is -0.796. The van der Waals surface area contributed by atoms with E-state index in [2.05, 4.69) is 10.3 Å². The van der Waals surface area contributed by atoms with Gasteiger partial charge in [0.25, 0.3) is 5.56 Å². The van der Waals surface area contributed by atoms with Crippen LogP contribution in [0.25, 0.3) is 10.9 Å². The quantitative estimate of drug-likeness (QED) is 0.422. The van der Waals surface area contributed by atoms with Crippen LogP contribution in [0, 0.1) is 11.6 Å². The van der Waals surface area contributed by atoms with Gasteiger partial charge in [-0.3, -0.25) is 9.59 Å². The van der Waals surface area contributed by atoms with Crippen LogP contribution in [0.4, 0.5) is 14.5 Å². The van der Waals surface area contributed by atoms with Crippen LogP contribution in [0.3, 0.4) is 0 Å². The van der Waals surface area contributed by atoms with Crippen molar-refractivity contribution in [2.24, 2.45) is 0 Å². The molecule has 0 unspecified atom stereocenters. The standard InChI is InChI=1S/C16H12F2N4O2S/c17-9-5-10(18)7-11(6-9)20-14(23)8-25-16-21-13-4-2-1-3-12(13)15(24)22(16)19/h1-7H,8,19H2,(H,20,23). The van der Waals surface area contributed by atoms with Crippen LogP contribution in [-0.2, 0) is 4.79 Å². The molecular formula is C16H12F2N4O2S. The highest BCUT2D eigenvalue weighted by atomic mass is 32.2. The van der Waals surface area contributed by atoms with E-state index in [-0.39, 0.29) is 16.6 Å². The Labute approximate surface area is 144 Å². The zero-order chi connectivity index (χ0) is 18.0. The van der Waals surface area contributed by atoms with E-state index in [1.54, 1.807) is 24.3 Å². The van der Waals surface area contributed by atoms with Gasteiger partial charge >= 0.3 is 0 Å². The van der Waals surface area contributed by atoms with Gasteiger partial charge in [-0.25, -0.2) is 18.4 Å². The number of thioether (sulfide) groups is 1. The van der Waals surface area contributed by atoms with Crippen molar-refractivity contribution < 1.29 is 13.6 Å². The molecule has 1 aromatic heterocycles. The van der Waals surface area contributed by atoms with Crippen molar-refractivity contribution in [3.63, 3.8) is 0 Å². The second kappa shape index (κ2) is 6.89. The number of halogens is 2. The lowest BCUT2D eigenvalue weighted by Gasteiger charge is -2.09. The van der Waals surface area contributed by atoms with Crippen LogP contribution in [0.2, 0.25) is 0 Å². The predicted molar refractivity (Wildman–Crippen MR) is 91.9 cm³/mol. The molecule has 0 spiro atoms. The first-order valence-corrected chi connectivity index (χ1v) is 8.08. The van der Waals surface area contributed by atoms with Gasteiger partial charge in [-0.05, 0) is 24.3 Å². The molecule has 128 valence electrons. The summed E-state index contributed by atoms with van der Waals surface area (Å²) < 4.78 is 27.1. The fourth-order valence-electron chi connectivity index (χ4n) is 2.18. The van der Waals surface area contributed by atoms with Gasteiger partial charge in [-0.2, -0.15) is 0 Å². The lowest BCUT2D eigenvalue weighted by Crippen LogP contribution is -2.30. The van der Waals surface area contributed by atoms with Gasteiger partial charge in [0.1, 0.15) is 11.6 Å². The molecule has 6 nitrogen and oxygen atoms in total. The van der Waals surface area contributed by atoms with Crippen molar-refractivity contribution in [2.75, 3.05) is 16.9 Å². The molecule has 1 heterocycles. The molecule has 25 heavy (non-hydrogen) atoms.